The Morgan fingerprint density at radius 2 is 1.56 bits per heavy atom. The molecule has 1 N–H and O–H groups in total. The van der Waals surface area contributed by atoms with Gasteiger partial charge in [-0.25, -0.2) is 4.79 Å². The zero-order valence-electron chi connectivity index (χ0n) is 19.8. The number of fused-ring (bicyclic) bond motifs is 2. The zero-order valence-corrected chi connectivity index (χ0v) is 19.8. The molecule has 0 unspecified atom stereocenters. The van der Waals surface area contributed by atoms with Crippen molar-refractivity contribution in [2.45, 2.75) is 71.3 Å². The standard InChI is InChI=1S/C27H32N2O3/c1-16(2)29-22-14-21-20(26(3,4)11-12-27(21,5)6)13-19(22)24(28-15-23(29)30)17-7-9-18(10-8-17)25(31)32/h7-10,13-14,16H,11-12,15H2,1-6H3,(H,31,32). The fourth-order valence-electron chi connectivity index (χ4n) is 5.02. The van der Waals surface area contributed by atoms with E-state index in [1.54, 1.807) is 24.3 Å². The van der Waals surface area contributed by atoms with Crippen LogP contribution in [0.25, 0.3) is 0 Å². The third kappa shape index (κ3) is 3.64. The third-order valence-electron chi connectivity index (χ3n) is 7.05. The summed E-state index contributed by atoms with van der Waals surface area (Å²) in [5.41, 5.74) is 6.29. The highest BCUT2D eigenvalue weighted by atomic mass is 16.4. The first-order valence-corrected chi connectivity index (χ1v) is 11.3. The topological polar surface area (TPSA) is 70.0 Å². The molecule has 1 aliphatic carbocycles. The van der Waals surface area contributed by atoms with Crippen molar-refractivity contribution in [3.63, 3.8) is 0 Å². The van der Waals surface area contributed by atoms with Crippen molar-refractivity contribution in [2.24, 2.45) is 4.99 Å². The molecule has 32 heavy (non-hydrogen) atoms. The van der Waals surface area contributed by atoms with E-state index in [1.165, 1.54) is 11.1 Å². The van der Waals surface area contributed by atoms with E-state index in [4.69, 9.17) is 4.99 Å². The Kier molecular flexibility index (Phi) is 5.27. The Morgan fingerprint density at radius 1 is 1.00 bits per heavy atom. The summed E-state index contributed by atoms with van der Waals surface area (Å²) >= 11 is 0. The Morgan fingerprint density at radius 3 is 2.09 bits per heavy atom. The molecular weight excluding hydrogens is 400 g/mol. The molecule has 0 radical (unpaired) electrons. The number of carboxylic acid groups (broad SMARTS) is 1. The number of carbonyl (C=O) groups is 2. The van der Waals surface area contributed by atoms with Crippen LogP contribution in [0.4, 0.5) is 5.69 Å². The van der Waals surface area contributed by atoms with Crippen LogP contribution in [0.2, 0.25) is 0 Å². The Labute approximate surface area is 190 Å². The summed E-state index contributed by atoms with van der Waals surface area (Å²) in [6.07, 6.45) is 2.19. The van der Waals surface area contributed by atoms with Gasteiger partial charge in [0, 0.05) is 17.2 Å². The molecule has 5 heteroatoms. The SMILES string of the molecule is CC(C)N1C(=O)CN=C(c2ccc(C(=O)O)cc2)c2cc3c(cc21)C(C)(C)CCC3(C)C. The van der Waals surface area contributed by atoms with Gasteiger partial charge < -0.3 is 10.0 Å². The molecule has 2 aliphatic rings. The first-order valence-electron chi connectivity index (χ1n) is 11.3. The van der Waals surface area contributed by atoms with Gasteiger partial charge in [-0.15, -0.1) is 0 Å². The lowest BCUT2D eigenvalue weighted by atomic mass is 9.62. The second kappa shape index (κ2) is 7.58. The normalized spacial score (nSPS) is 19.2. The molecule has 0 atom stereocenters. The number of rotatable bonds is 3. The van der Waals surface area contributed by atoms with Crippen LogP contribution in [-0.2, 0) is 15.6 Å². The molecule has 5 nitrogen and oxygen atoms in total. The first-order chi connectivity index (χ1) is 14.9. The molecule has 168 valence electrons. The van der Waals surface area contributed by atoms with Crippen molar-refractivity contribution < 1.29 is 14.7 Å². The lowest BCUT2D eigenvalue weighted by molar-refractivity contribution is -0.117. The molecular formula is C27H32N2O3. The molecule has 0 saturated carbocycles. The van der Waals surface area contributed by atoms with Crippen molar-refractivity contribution in [3.05, 3.63) is 64.2 Å². The Bertz CT molecular complexity index is 1120. The highest BCUT2D eigenvalue weighted by Crippen LogP contribution is 2.48. The van der Waals surface area contributed by atoms with Crippen LogP contribution in [0.5, 0.6) is 0 Å². The van der Waals surface area contributed by atoms with Gasteiger partial charge in [0.25, 0.3) is 0 Å². The van der Waals surface area contributed by atoms with E-state index in [9.17, 15) is 14.7 Å². The smallest absolute Gasteiger partial charge is 0.335 e. The van der Waals surface area contributed by atoms with Crippen LogP contribution in [0.15, 0.2) is 41.4 Å². The Hall–Kier alpha value is -2.95. The number of carbonyl (C=O) groups excluding carboxylic acids is 1. The number of nitrogens with zero attached hydrogens (tertiary/aromatic N) is 2. The number of benzene rings is 2. The maximum absolute atomic E-state index is 13.1. The number of carboxylic acids is 1. The highest BCUT2D eigenvalue weighted by Gasteiger charge is 2.39. The molecule has 0 bridgehead atoms. The van der Waals surface area contributed by atoms with Gasteiger partial charge in [-0.1, -0.05) is 39.8 Å². The van der Waals surface area contributed by atoms with E-state index >= 15 is 0 Å². The number of amides is 1. The summed E-state index contributed by atoms with van der Waals surface area (Å²) in [6.45, 7) is 13.3. The van der Waals surface area contributed by atoms with Crippen molar-refractivity contribution in [1.82, 2.24) is 0 Å². The van der Waals surface area contributed by atoms with Gasteiger partial charge in [-0.2, -0.15) is 0 Å². The quantitative estimate of drug-likeness (QED) is 0.713. The molecule has 2 aromatic carbocycles. The summed E-state index contributed by atoms with van der Waals surface area (Å²) in [5, 5.41) is 9.28. The van der Waals surface area contributed by atoms with E-state index in [0.717, 1.165) is 35.4 Å². The molecule has 4 rings (SSSR count). The molecule has 1 amide bonds. The molecule has 2 aromatic rings. The van der Waals surface area contributed by atoms with Gasteiger partial charge in [0.15, 0.2) is 0 Å². The van der Waals surface area contributed by atoms with Crippen LogP contribution >= 0.6 is 0 Å². The highest BCUT2D eigenvalue weighted by molar-refractivity contribution is 6.20. The largest absolute Gasteiger partial charge is 0.478 e. The Balaban J connectivity index is 1.99. The molecule has 0 fully saturated rings. The van der Waals surface area contributed by atoms with E-state index in [2.05, 4.69) is 39.8 Å². The number of anilines is 1. The van der Waals surface area contributed by atoms with E-state index in [-0.39, 0.29) is 34.9 Å². The number of aromatic carboxylic acids is 1. The molecule has 1 aliphatic heterocycles. The van der Waals surface area contributed by atoms with Gasteiger partial charge in [0.1, 0.15) is 6.54 Å². The first kappa shape index (κ1) is 22.3. The minimum absolute atomic E-state index is 0.00273. The summed E-state index contributed by atoms with van der Waals surface area (Å²) < 4.78 is 0. The average molecular weight is 433 g/mol. The lowest BCUT2D eigenvalue weighted by Crippen LogP contribution is -2.40. The summed E-state index contributed by atoms with van der Waals surface area (Å²) in [4.78, 5) is 31.1. The third-order valence-corrected chi connectivity index (χ3v) is 7.05. The summed E-state index contributed by atoms with van der Waals surface area (Å²) in [5.74, 6) is -0.981. The summed E-state index contributed by atoms with van der Waals surface area (Å²) in [7, 11) is 0. The van der Waals surface area contributed by atoms with Gasteiger partial charge in [-0.3, -0.25) is 9.79 Å². The van der Waals surface area contributed by atoms with Crippen molar-refractivity contribution >= 4 is 23.3 Å². The molecule has 0 aromatic heterocycles. The molecule has 0 saturated heterocycles. The number of hydrogen-bond donors (Lipinski definition) is 1. The second-order valence-electron chi connectivity index (χ2n) is 10.6. The van der Waals surface area contributed by atoms with Crippen LogP contribution in [0.1, 0.15) is 87.0 Å². The number of hydrogen-bond acceptors (Lipinski definition) is 3. The van der Waals surface area contributed by atoms with Gasteiger partial charge >= 0.3 is 5.97 Å². The van der Waals surface area contributed by atoms with Crippen molar-refractivity contribution in [3.8, 4) is 0 Å². The minimum atomic E-state index is -0.959. The monoisotopic (exact) mass is 432 g/mol. The van der Waals surface area contributed by atoms with Gasteiger partial charge in [-0.05, 0) is 72.9 Å². The average Bonchev–Trinajstić information content (AvgIpc) is 2.86. The molecule has 0 spiro atoms. The minimum Gasteiger partial charge on any atom is -0.478 e. The van der Waals surface area contributed by atoms with Crippen molar-refractivity contribution in [1.29, 1.82) is 0 Å². The fourth-order valence-corrected chi connectivity index (χ4v) is 5.02. The maximum Gasteiger partial charge on any atom is 0.335 e. The second-order valence-corrected chi connectivity index (χ2v) is 10.6. The van der Waals surface area contributed by atoms with Crippen molar-refractivity contribution in [2.75, 3.05) is 11.4 Å². The van der Waals surface area contributed by atoms with Crippen LogP contribution < -0.4 is 4.90 Å². The van der Waals surface area contributed by atoms with E-state index in [0.29, 0.717) is 0 Å². The van der Waals surface area contributed by atoms with Crippen LogP contribution in [0, 0.1) is 0 Å². The predicted octanol–water partition coefficient (Wildman–Crippen LogP) is 5.33. The lowest BCUT2D eigenvalue weighted by Gasteiger charge is -2.43. The predicted molar refractivity (Wildman–Crippen MR) is 128 cm³/mol. The number of aliphatic imine (C=N–C) groups is 1. The van der Waals surface area contributed by atoms with E-state index < -0.39 is 5.97 Å². The van der Waals surface area contributed by atoms with Crippen LogP contribution in [0.3, 0.4) is 0 Å². The summed E-state index contributed by atoms with van der Waals surface area (Å²) in [6, 6.07) is 11.2. The van der Waals surface area contributed by atoms with E-state index in [1.807, 2.05) is 18.7 Å². The zero-order chi connectivity index (χ0) is 23.4. The fraction of sp³-hybridized carbons (Fsp3) is 0.444. The van der Waals surface area contributed by atoms with Gasteiger partial charge in [0.2, 0.25) is 5.91 Å². The van der Waals surface area contributed by atoms with Crippen LogP contribution in [-0.4, -0.2) is 35.3 Å². The maximum atomic E-state index is 13.1. The van der Waals surface area contributed by atoms with Gasteiger partial charge in [0.05, 0.1) is 17.0 Å². The molecule has 1 heterocycles.